The highest BCUT2D eigenvalue weighted by Crippen LogP contribution is 2.28. The first kappa shape index (κ1) is 20.0. The average Bonchev–Trinajstić information content (AvgIpc) is 3.14. The molecule has 0 saturated carbocycles. The van der Waals surface area contributed by atoms with Gasteiger partial charge in [0.05, 0.1) is 17.8 Å². The van der Waals surface area contributed by atoms with E-state index in [0.717, 1.165) is 16.9 Å². The number of nitrogens with zero attached hydrogens (tertiary/aromatic N) is 1. The van der Waals surface area contributed by atoms with E-state index in [1.165, 1.54) is 5.56 Å². The second-order valence-corrected chi connectivity index (χ2v) is 6.97. The van der Waals surface area contributed by atoms with E-state index in [1.54, 1.807) is 12.3 Å². The van der Waals surface area contributed by atoms with Crippen LogP contribution in [0.25, 0.3) is 11.3 Å². The van der Waals surface area contributed by atoms with Crippen LogP contribution in [0.1, 0.15) is 23.4 Å². The Morgan fingerprint density at radius 3 is 2.82 bits per heavy atom. The summed E-state index contributed by atoms with van der Waals surface area (Å²) < 4.78 is 11.4. The Hall–Kier alpha value is -2.79. The van der Waals surface area contributed by atoms with Crippen molar-refractivity contribution in [1.82, 2.24) is 10.3 Å². The van der Waals surface area contributed by atoms with Gasteiger partial charge in [-0.05, 0) is 37.6 Å². The summed E-state index contributed by atoms with van der Waals surface area (Å²) >= 11 is 6.16. The first-order valence-electron chi connectivity index (χ1n) is 9.19. The lowest BCUT2D eigenvalue weighted by Crippen LogP contribution is -2.28. The molecule has 0 spiro atoms. The predicted molar refractivity (Wildman–Crippen MR) is 110 cm³/mol. The summed E-state index contributed by atoms with van der Waals surface area (Å²) in [4.78, 5) is 16.2. The lowest BCUT2D eigenvalue weighted by Gasteiger charge is -2.10. The summed E-state index contributed by atoms with van der Waals surface area (Å²) in [6.45, 7) is 4.92. The van der Waals surface area contributed by atoms with Gasteiger partial charge in [0, 0.05) is 18.4 Å². The molecule has 0 unspecified atom stereocenters. The molecule has 6 heteroatoms. The molecular formula is C22H23ClN2O3. The van der Waals surface area contributed by atoms with E-state index in [2.05, 4.69) is 16.4 Å². The van der Waals surface area contributed by atoms with Crippen molar-refractivity contribution in [3.05, 3.63) is 70.7 Å². The van der Waals surface area contributed by atoms with Crippen LogP contribution in [-0.4, -0.2) is 24.0 Å². The number of rotatable bonds is 8. The Balaban J connectivity index is 1.41. The number of nitrogens with one attached hydrogen (secondary N) is 1. The van der Waals surface area contributed by atoms with Gasteiger partial charge < -0.3 is 14.5 Å². The van der Waals surface area contributed by atoms with Crippen molar-refractivity contribution in [3.63, 3.8) is 0 Å². The number of hydrogen-bond donors (Lipinski definition) is 1. The average molecular weight is 399 g/mol. The van der Waals surface area contributed by atoms with Crippen molar-refractivity contribution in [1.29, 1.82) is 0 Å². The third kappa shape index (κ3) is 5.36. The molecule has 2 aromatic carbocycles. The molecule has 5 nitrogen and oxygen atoms in total. The number of aromatic nitrogens is 1. The highest BCUT2D eigenvalue weighted by molar-refractivity contribution is 6.33. The van der Waals surface area contributed by atoms with Gasteiger partial charge in [-0.1, -0.05) is 41.4 Å². The molecule has 3 rings (SSSR count). The van der Waals surface area contributed by atoms with Crippen molar-refractivity contribution in [2.45, 2.75) is 26.7 Å². The molecule has 0 saturated heterocycles. The molecule has 1 aromatic heterocycles. The fraction of sp³-hybridized carbons (Fsp3) is 0.273. The van der Waals surface area contributed by atoms with Crippen LogP contribution in [-0.2, 0) is 11.2 Å². The molecule has 1 N–H and O–H groups in total. The topological polar surface area (TPSA) is 64.4 Å². The minimum Gasteiger partial charge on any atom is -0.491 e. The lowest BCUT2D eigenvalue weighted by atomic mass is 10.1. The summed E-state index contributed by atoms with van der Waals surface area (Å²) in [5, 5.41) is 3.45. The predicted octanol–water partition coefficient (Wildman–Crippen LogP) is 4.74. The number of benzene rings is 2. The monoisotopic (exact) mass is 398 g/mol. The van der Waals surface area contributed by atoms with Gasteiger partial charge in [0.2, 0.25) is 5.91 Å². The zero-order valence-electron chi connectivity index (χ0n) is 16.0. The largest absolute Gasteiger partial charge is 0.491 e. The Bertz CT molecular complexity index is 952. The van der Waals surface area contributed by atoms with Crippen molar-refractivity contribution < 1.29 is 13.9 Å². The number of aryl methyl sites for hydroxylation is 3. The van der Waals surface area contributed by atoms with E-state index < -0.39 is 0 Å². The normalized spacial score (nSPS) is 10.7. The molecule has 0 aliphatic carbocycles. The van der Waals surface area contributed by atoms with Crippen molar-refractivity contribution >= 4 is 17.5 Å². The summed E-state index contributed by atoms with van der Waals surface area (Å²) in [6.07, 6.45) is 2.35. The highest BCUT2D eigenvalue weighted by atomic mass is 35.5. The van der Waals surface area contributed by atoms with Gasteiger partial charge in [-0.25, -0.2) is 4.98 Å². The fourth-order valence-electron chi connectivity index (χ4n) is 2.83. The molecule has 28 heavy (non-hydrogen) atoms. The summed E-state index contributed by atoms with van der Waals surface area (Å²) in [6, 6.07) is 13.4. The quantitative estimate of drug-likeness (QED) is 0.556. The Kier molecular flexibility index (Phi) is 6.71. The van der Waals surface area contributed by atoms with E-state index in [4.69, 9.17) is 20.8 Å². The Labute approximate surface area is 169 Å². The van der Waals surface area contributed by atoms with E-state index in [1.807, 2.05) is 44.2 Å². The van der Waals surface area contributed by atoms with Gasteiger partial charge in [0.15, 0.2) is 11.7 Å². The molecule has 146 valence electrons. The second kappa shape index (κ2) is 9.42. The summed E-state index contributed by atoms with van der Waals surface area (Å²) in [5.74, 6) is 1.88. The summed E-state index contributed by atoms with van der Waals surface area (Å²) in [7, 11) is 0. The van der Waals surface area contributed by atoms with Crippen molar-refractivity contribution in [2.75, 3.05) is 13.2 Å². The maximum atomic E-state index is 12.0. The molecule has 0 atom stereocenters. The number of amides is 1. The van der Waals surface area contributed by atoms with E-state index in [9.17, 15) is 4.79 Å². The smallest absolute Gasteiger partial charge is 0.220 e. The molecule has 1 heterocycles. The van der Waals surface area contributed by atoms with Gasteiger partial charge in [-0.3, -0.25) is 4.79 Å². The van der Waals surface area contributed by atoms with Gasteiger partial charge in [0.1, 0.15) is 12.4 Å². The van der Waals surface area contributed by atoms with Gasteiger partial charge in [-0.2, -0.15) is 0 Å². The maximum absolute atomic E-state index is 12.0. The third-order valence-electron chi connectivity index (χ3n) is 4.27. The number of oxazole rings is 1. The van der Waals surface area contributed by atoms with Crippen LogP contribution in [0, 0.1) is 13.8 Å². The van der Waals surface area contributed by atoms with Crippen LogP contribution < -0.4 is 10.1 Å². The third-order valence-corrected chi connectivity index (χ3v) is 4.60. The fourth-order valence-corrected chi connectivity index (χ4v) is 3.06. The minimum absolute atomic E-state index is 0.0679. The molecular weight excluding hydrogens is 376 g/mol. The van der Waals surface area contributed by atoms with E-state index in [0.29, 0.717) is 42.7 Å². The second-order valence-electron chi connectivity index (χ2n) is 6.57. The molecule has 0 aliphatic heterocycles. The van der Waals surface area contributed by atoms with E-state index >= 15 is 0 Å². The number of carbonyl (C=O) groups excluding carboxylic acids is 1. The molecule has 1 amide bonds. The Morgan fingerprint density at radius 2 is 2.04 bits per heavy atom. The van der Waals surface area contributed by atoms with Gasteiger partial charge >= 0.3 is 0 Å². The summed E-state index contributed by atoms with van der Waals surface area (Å²) in [5.41, 5.74) is 3.07. The zero-order valence-corrected chi connectivity index (χ0v) is 16.8. The molecule has 0 bridgehead atoms. The maximum Gasteiger partial charge on any atom is 0.220 e. The molecule has 0 aliphatic rings. The Morgan fingerprint density at radius 1 is 1.21 bits per heavy atom. The van der Waals surface area contributed by atoms with Gasteiger partial charge in [-0.15, -0.1) is 0 Å². The number of halogens is 1. The van der Waals surface area contributed by atoms with Crippen molar-refractivity contribution in [3.8, 4) is 17.1 Å². The van der Waals surface area contributed by atoms with Crippen LogP contribution in [0.5, 0.6) is 5.75 Å². The minimum atomic E-state index is -0.0679. The standard InChI is InChI=1S/C22H23ClN2O3/c1-15-7-8-19(16(2)13-15)27-12-11-24-21(26)9-10-22-25-14-20(28-22)17-5-3-4-6-18(17)23/h3-8,13-14H,9-12H2,1-2H3,(H,24,26). The lowest BCUT2D eigenvalue weighted by molar-refractivity contribution is -0.121. The van der Waals surface area contributed by atoms with Crippen LogP contribution in [0.4, 0.5) is 0 Å². The first-order chi connectivity index (χ1) is 13.5. The van der Waals surface area contributed by atoms with Crippen LogP contribution in [0.2, 0.25) is 5.02 Å². The highest BCUT2D eigenvalue weighted by Gasteiger charge is 2.11. The zero-order chi connectivity index (χ0) is 19.9. The van der Waals surface area contributed by atoms with Crippen molar-refractivity contribution in [2.24, 2.45) is 0 Å². The van der Waals surface area contributed by atoms with E-state index in [-0.39, 0.29) is 5.91 Å². The molecule has 3 aromatic rings. The first-order valence-corrected chi connectivity index (χ1v) is 9.57. The van der Waals surface area contributed by atoms with Crippen LogP contribution in [0.15, 0.2) is 53.1 Å². The molecule has 0 radical (unpaired) electrons. The number of carbonyl (C=O) groups is 1. The van der Waals surface area contributed by atoms with Crippen LogP contribution >= 0.6 is 11.6 Å². The SMILES string of the molecule is Cc1ccc(OCCNC(=O)CCc2ncc(-c3ccccc3Cl)o2)c(C)c1. The van der Waals surface area contributed by atoms with Gasteiger partial charge in [0.25, 0.3) is 0 Å². The molecule has 0 fully saturated rings. The number of ether oxygens (including phenoxy) is 1. The number of hydrogen-bond acceptors (Lipinski definition) is 4. The van der Waals surface area contributed by atoms with Crippen LogP contribution in [0.3, 0.4) is 0 Å².